The second-order valence-corrected chi connectivity index (χ2v) is 7.04. The maximum Gasteiger partial charge on any atom is 0.253 e. The zero-order valence-corrected chi connectivity index (χ0v) is 15.5. The highest BCUT2D eigenvalue weighted by molar-refractivity contribution is 5.99. The quantitative estimate of drug-likeness (QED) is 0.816. The van der Waals surface area contributed by atoms with Crippen LogP contribution in [0, 0.1) is 0 Å². The second kappa shape index (κ2) is 9.03. The van der Waals surface area contributed by atoms with Crippen molar-refractivity contribution in [3.05, 3.63) is 29.8 Å². The number of hydrogen-bond donors (Lipinski definition) is 2. The molecule has 2 fully saturated rings. The molecule has 0 radical (unpaired) electrons. The lowest BCUT2D eigenvalue weighted by Crippen LogP contribution is -2.45. The van der Waals surface area contributed by atoms with Crippen LogP contribution in [0.5, 0.6) is 0 Å². The van der Waals surface area contributed by atoms with Gasteiger partial charge in [0.05, 0.1) is 11.7 Å². The van der Waals surface area contributed by atoms with Gasteiger partial charge in [0, 0.05) is 44.4 Å². The summed E-state index contributed by atoms with van der Waals surface area (Å²) in [4.78, 5) is 26.5. The number of para-hydroxylation sites is 1. The maximum atomic E-state index is 12.7. The standard InChI is InChI=1S/C20H29N3O3/c1-2-19(24)22-15-9-11-23(12-10-15)18-8-4-3-7-17(18)20(25)21-14-16-6-5-13-26-16/h3-4,7-8,15-16H,2,5-6,9-14H2,1H3,(H,21,25)(H,22,24)/t16-/m0/s1. The van der Waals surface area contributed by atoms with E-state index in [2.05, 4.69) is 15.5 Å². The van der Waals surface area contributed by atoms with Crippen molar-refractivity contribution < 1.29 is 14.3 Å². The summed E-state index contributed by atoms with van der Waals surface area (Å²) < 4.78 is 5.58. The number of hydrogen-bond acceptors (Lipinski definition) is 4. The van der Waals surface area contributed by atoms with Crippen molar-refractivity contribution in [3.8, 4) is 0 Å². The number of ether oxygens (including phenoxy) is 1. The SMILES string of the molecule is CCC(=O)NC1CCN(c2ccccc2C(=O)NC[C@@H]2CCCO2)CC1. The summed E-state index contributed by atoms with van der Waals surface area (Å²) in [6.07, 6.45) is 4.55. The Kier molecular flexibility index (Phi) is 6.50. The summed E-state index contributed by atoms with van der Waals surface area (Å²) >= 11 is 0. The van der Waals surface area contributed by atoms with Gasteiger partial charge < -0.3 is 20.3 Å². The van der Waals surface area contributed by atoms with Crippen LogP contribution in [0.1, 0.15) is 49.4 Å². The smallest absolute Gasteiger partial charge is 0.253 e. The van der Waals surface area contributed by atoms with Gasteiger partial charge in [-0.25, -0.2) is 0 Å². The lowest BCUT2D eigenvalue weighted by atomic mass is 10.0. The maximum absolute atomic E-state index is 12.7. The van der Waals surface area contributed by atoms with Gasteiger partial charge in [0.2, 0.25) is 5.91 Å². The zero-order valence-electron chi connectivity index (χ0n) is 15.5. The Morgan fingerprint density at radius 3 is 2.65 bits per heavy atom. The molecule has 1 aromatic carbocycles. The van der Waals surface area contributed by atoms with Crippen molar-refractivity contribution in [2.75, 3.05) is 31.1 Å². The first-order valence-electron chi connectivity index (χ1n) is 9.70. The Balaban J connectivity index is 1.58. The number of nitrogens with zero attached hydrogens (tertiary/aromatic N) is 1. The molecule has 0 spiro atoms. The average molecular weight is 359 g/mol. The van der Waals surface area contributed by atoms with E-state index in [0.717, 1.165) is 51.1 Å². The number of amides is 2. The van der Waals surface area contributed by atoms with Crippen LogP contribution in [0.25, 0.3) is 0 Å². The fourth-order valence-electron chi connectivity index (χ4n) is 3.64. The summed E-state index contributed by atoms with van der Waals surface area (Å²) in [5.41, 5.74) is 1.68. The number of anilines is 1. The van der Waals surface area contributed by atoms with E-state index in [-0.39, 0.29) is 24.0 Å². The molecular weight excluding hydrogens is 330 g/mol. The largest absolute Gasteiger partial charge is 0.376 e. The van der Waals surface area contributed by atoms with Gasteiger partial charge >= 0.3 is 0 Å². The molecule has 1 aromatic rings. The predicted molar refractivity (Wildman–Crippen MR) is 101 cm³/mol. The van der Waals surface area contributed by atoms with Gasteiger partial charge in [0.15, 0.2) is 0 Å². The first-order chi connectivity index (χ1) is 12.7. The monoisotopic (exact) mass is 359 g/mol. The number of carbonyl (C=O) groups excluding carboxylic acids is 2. The van der Waals surface area contributed by atoms with E-state index in [9.17, 15) is 9.59 Å². The van der Waals surface area contributed by atoms with Crippen molar-refractivity contribution in [3.63, 3.8) is 0 Å². The number of piperidine rings is 1. The van der Waals surface area contributed by atoms with Crippen LogP contribution >= 0.6 is 0 Å². The Labute approximate surface area is 155 Å². The van der Waals surface area contributed by atoms with Gasteiger partial charge in [0.1, 0.15) is 0 Å². The third kappa shape index (κ3) is 4.75. The molecule has 6 heteroatoms. The highest BCUT2D eigenvalue weighted by Crippen LogP contribution is 2.24. The molecule has 2 amide bonds. The summed E-state index contributed by atoms with van der Waals surface area (Å²) in [6, 6.07) is 7.99. The van der Waals surface area contributed by atoms with Crippen LogP contribution in [0.4, 0.5) is 5.69 Å². The predicted octanol–water partition coefficient (Wildman–Crippen LogP) is 2.09. The molecule has 142 valence electrons. The van der Waals surface area contributed by atoms with Crippen LogP contribution < -0.4 is 15.5 Å². The third-order valence-corrected chi connectivity index (χ3v) is 5.18. The molecule has 0 aromatic heterocycles. The average Bonchev–Trinajstić information content (AvgIpc) is 3.20. The summed E-state index contributed by atoms with van der Waals surface area (Å²) in [5, 5.41) is 6.09. The highest BCUT2D eigenvalue weighted by Gasteiger charge is 2.24. The number of carbonyl (C=O) groups is 2. The van der Waals surface area contributed by atoms with Gasteiger partial charge in [-0.05, 0) is 37.8 Å². The molecule has 0 aliphatic carbocycles. The van der Waals surface area contributed by atoms with Crippen molar-refractivity contribution in [2.45, 2.75) is 51.2 Å². The van der Waals surface area contributed by atoms with Crippen LogP contribution in [0.15, 0.2) is 24.3 Å². The topological polar surface area (TPSA) is 70.7 Å². The normalized spacial score (nSPS) is 20.8. The number of rotatable bonds is 6. The number of benzene rings is 1. The van der Waals surface area contributed by atoms with E-state index in [1.807, 2.05) is 31.2 Å². The minimum absolute atomic E-state index is 0.0440. The van der Waals surface area contributed by atoms with Gasteiger partial charge in [0.25, 0.3) is 5.91 Å². The van der Waals surface area contributed by atoms with Crippen LogP contribution in [0.2, 0.25) is 0 Å². The van der Waals surface area contributed by atoms with Gasteiger partial charge in [-0.3, -0.25) is 9.59 Å². The van der Waals surface area contributed by atoms with Gasteiger partial charge in [-0.1, -0.05) is 19.1 Å². The highest BCUT2D eigenvalue weighted by atomic mass is 16.5. The molecule has 0 bridgehead atoms. The molecular formula is C20H29N3O3. The molecule has 0 saturated carbocycles. The Morgan fingerprint density at radius 1 is 1.19 bits per heavy atom. The summed E-state index contributed by atoms with van der Waals surface area (Å²) in [6.45, 7) is 4.91. The first-order valence-corrected chi connectivity index (χ1v) is 9.70. The summed E-state index contributed by atoms with van der Waals surface area (Å²) in [7, 11) is 0. The molecule has 2 aliphatic rings. The van der Waals surface area contributed by atoms with Crippen molar-refractivity contribution in [2.24, 2.45) is 0 Å². The Hall–Kier alpha value is -2.08. The first kappa shape index (κ1) is 18.7. The van der Waals surface area contributed by atoms with Gasteiger partial charge in [-0.2, -0.15) is 0 Å². The van der Waals surface area contributed by atoms with Crippen molar-refractivity contribution >= 4 is 17.5 Å². The molecule has 2 saturated heterocycles. The lowest BCUT2D eigenvalue weighted by Gasteiger charge is -2.34. The Bertz CT molecular complexity index is 620. The van der Waals surface area contributed by atoms with E-state index >= 15 is 0 Å². The van der Waals surface area contributed by atoms with Gasteiger partial charge in [-0.15, -0.1) is 0 Å². The van der Waals surface area contributed by atoms with E-state index in [1.54, 1.807) is 0 Å². The minimum atomic E-state index is -0.0440. The molecule has 2 heterocycles. The lowest BCUT2D eigenvalue weighted by molar-refractivity contribution is -0.121. The van der Waals surface area contributed by atoms with E-state index in [1.165, 1.54) is 0 Å². The molecule has 6 nitrogen and oxygen atoms in total. The van der Waals surface area contributed by atoms with Crippen molar-refractivity contribution in [1.29, 1.82) is 0 Å². The van der Waals surface area contributed by atoms with Crippen LogP contribution in [0.3, 0.4) is 0 Å². The molecule has 26 heavy (non-hydrogen) atoms. The molecule has 2 aliphatic heterocycles. The second-order valence-electron chi connectivity index (χ2n) is 7.04. The minimum Gasteiger partial charge on any atom is -0.376 e. The molecule has 0 unspecified atom stereocenters. The fourth-order valence-corrected chi connectivity index (χ4v) is 3.64. The molecule has 2 N–H and O–H groups in total. The van der Waals surface area contributed by atoms with Crippen LogP contribution in [-0.4, -0.2) is 50.2 Å². The van der Waals surface area contributed by atoms with E-state index < -0.39 is 0 Å². The molecule has 3 rings (SSSR count). The zero-order chi connectivity index (χ0) is 18.4. The Morgan fingerprint density at radius 2 is 1.96 bits per heavy atom. The summed E-state index contributed by atoms with van der Waals surface area (Å²) in [5.74, 6) is 0.0647. The fraction of sp³-hybridized carbons (Fsp3) is 0.600. The molecule has 1 atom stereocenters. The third-order valence-electron chi connectivity index (χ3n) is 5.18. The number of nitrogens with one attached hydrogen (secondary N) is 2. The van der Waals surface area contributed by atoms with E-state index in [0.29, 0.717) is 18.5 Å². The van der Waals surface area contributed by atoms with Crippen LogP contribution in [-0.2, 0) is 9.53 Å². The van der Waals surface area contributed by atoms with Crippen molar-refractivity contribution in [1.82, 2.24) is 10.6 Å². The van der Waals surface area contributed by atoms with E-state index in [4.69, 9.17) is 4.74 Å².